The van der Waals surface area contributed by atoms with Gasteiger partial charge < -0.3 is 9.64 Å². The number of amides is 1. The minimum absolute atomic E-state index is 0.0656. The number of carbonyl (C=O) groups excluding carboxylic acids is 1. The van der Waals surface area contributed by atoms with E-state index in [-0.39, 0.29) is 53.6 Å². The smallest absolute Gasteiger partial charge is 0.260 e. The van der Waals surface area contributed by atoms with Crippen molar-refractivity contribution >= 4 is 39.1 Å². The summed E-state index contributed by atoms with van der Waals surface area (Å²) in [5.74, 6) is 0.249. The minimum Gasteiger partial charge on any atom is -0.484 e. The lowest BCUT2D eigenvalue weighted by Crippen LogP contribution is -2.51. The van der Waals surface area contributed by atoms with Gasteiger partial charge in [-0.25, -0.2) is 8.42 Å². The third-order valence-corrected chi connectivity index (χ3v) is 7.10. The molecule has 1 heterocycles. The van der Waals surface area contributed by atoms with Gasteiger partial charge in [0.2, 0.25) is 10.0 Å². The van der Waals surface area contributed by atoms with E-state index in [1.54, 1.807) is 29.2 Å². The van der Waals surface area contributed by atoms with E-state index >= 15 is 0 Å². The van der Waals surface area contributed by atoms with Crippen LogP contribution in [0.3, 0.4) is 0 Å². The third kappa shape index (κ3) is 5.00. The van der Waals surface area contributed by atoms with Crippen LogP contribution in [0, 0.1) is 11.3 Å². The largest absolute Gasteiger partial charge is 0.484 e. The maximum Gasteiger partial charge on any atom is 0.260 e. The van der Waals surface area contributed by atoms with Crippen LogP contribution in [0.1, 0.15) is 5.56 Å². The first-order valence-corrected chi connectivity index (χ1v) is 10.9. The van der Waals surface area contributed by atoms with Crippen molar-refractivity contribution in [2.75, 3.05) is 32.8 Å². The Balaban J connectivity index is 1.55. The van der Waals surface area contributed by atoms with Crippen LogP contribution in [-0.2, 0) is 14.8 Å². The van der Waals surface area contributed by atoms with Gasteiger partial charge in [-0.05, 0) is 42.5 Å². The summed E-state index contributed by atoms with van der Waals surface area (Å²) in [6, 6.07) is 12.6. The van der Waals surface area contributed by atoms with Gasteiger partial charge >= 0.3 is 0 Å². The van der Waals surface area contributed by atoms with Crippen LogP contribution >= 0.6 is 23.2 Å². The van der Waals surface area contributed by atoms with Crippen molar-refractivity contribution in [1.82, 2.24) is 9.21 Å². The molecule has 7 nitrogen and oxygen atoms in total. The number of benzene rings is 2. The van der Waals surface area contributed by atoms with Gasteiger partial charge in [-0.1, -0.05) is 23.2 Å². The highest BCUT2D eigenvalue weighted by Gasteiger charge is 2.30. The van der Waals surface area contributed by atoms with Crippen molar-refractivity contribution < 1.29 is 17.9 Å². The van der Waals surface area contributed by atoms with Crippen LogP contribution < -0.4 is 4.74 Å². The van der Waals surface area contributed by atoms with E-state index in [1.165, 1.54) is 22.5 Å². The highest BCUT2D eigenvalue weighted by Crippen LogP contribution is 2.27. The standard InChI is InChI=1S/C19H17Cl2N3O4S/c20-17-6-5-16(11-18(17)21)29(26,27)24-9-7-23(8-10-24)19(25)13-28-15-3-1-14(12-22)2-4-15/h1-6,11H,7-10,13H2. The molecule has 1 aliphatic heterocycles. The number of halogens is 2. The normalized spacial score (nSPS) is 15.0. The highest BCUT2D eigenvalue weighted by atomic mass is 35.5. The average molecular weight is 454 g/mol. The Morgan fingerprint density at radius 3 is 2.28 bits per heavy atom. The molecule has 1 fully saturated rings. The minimum atomic E-state index is -3.72. The topological polar surface area (TPSA) is 90.7 Å². The summed E-state index contributed by atoms with van der Waals surface area (Å²) in [5.41, 5.74) is 0.503. The molecule has 1 aliphatic rings. The van der Waals surface area contributed by atoms with E-state index in [2.05, 4.69) is 0 Å². The molecule has 0 saturated carbocycles. The maximum absolute atomic E-state index is 12.8. The molecule has 0 aromatic heterocycles. The van der Waals surface area contributed by atoms with E-state index in [9.17, 15) is 13.2 Å². The molecule has 10 heteroatoms. The Hall–Kier alpha value is -2.31. The Kier molecular flexibility index (Phi) is 6.65. The summed E-state index contributed by atoms with van der Waals surface area (Å²) in [7, 11) is -3.72. The van der Waals surface area contributed by atoms with Gasteiger partial charge in [-0.3, -0.25) is 4.79 Å². The Morgan fingerprint density at radius 1 is 1.03 bits per heavy atom. The number of nitriles is 1. The molecule has 0 atom stereocenters. The number of sulfonamides is 1. The number of hydrogen-bond acceptors (Lipinski definition) is 5. The molecule has 0 aliphatic carbocycles. The molecular formula is C19H17Cl2N3O4S. The van der Waals surface area contributed by atoms with Gasteiger partial charge in [0.1, 0.15) is 5.75 Å². The lowest BCUT2D eigenvalue weighted by atomic mass is 10.2. The van der Waals surface area contributed by atoms with Gasteiger partial charge in [0.05, 0.1) is 26.6 Å². The Morgan fingerprint density at radius 2 is 1.69 bits per heavy atom. The van der Waals surface area contributed by atoms with Gasteiger partial charge in [-0.2, -0.15) is 9.57 Å². The van der Waals surface area contributed by atoms with Gasteiger partial charge in [0.15, 0.2) is 6.61 Å². The molecule has 3 rings (SSSR count). The first-order valence-electron chi connectivity index (χ1n) is 8.67. The fraction of sp³-hybridized carbons (Fsp3) is 0.263. The quantitative estimate of drug-likeness (QED) is 0.693. The second-order valence-electron chi connectivity index (χ2n) is 6.29. The van der Waals surface area contributed by atoms with Gasteiger partial charge in [0.25, 0.3) is 5.91 Å². The van der Waals surface area contributed by atoms with Crippen LogP contribution in [-0.4, -0.2) is 56.3 Å². The van der Waals surface area contributed by atoms with Crippen molar-refractivity contribution in [2.24, 2.45) is 0 Å². The molecule has 2 aromatic rings. The number of piperazine rings is 1. The molecule has 0 spiro atoms. The van der Waals surface area contributed by atoms with Crippen LogP contribution in [0.2, 0.25) is 10.0 Å². The number of nitrogens with zero attached hydrogens (tertiary/aromatic N) is 3. The molecule has 0 bridgehead atoms. The summed E-state index contributed by atoms with van der Waals surface area (Å²) in [6.07, 6.45) is 0. The van der Waals surface area contributed by atoms with E-state index in [0.717, 1.165) is 0 Å². The van der Waals surface area contributed by atoms with Crippen LogP contribution in [0.15, 0.2) is 47.4 Å². The zero-order valence-corrected chi connectivity index (χ0v) is 17.5. The second kappa shape index (κ2) is 9.01. The monoisotopic (exact) mass is 453 g/mol. The third-order valence-electron chi connectivity index (χ3n) is 4.47. The van der Waals surface area contributed by atoms with Crippen molar-refractivity contribution in [3.05, 3.63) is 58.1 Å². The van der Waals surface area contributed by atoms with Crippen LogP contribution in [0.5, 0.6) is 5.75 Å². The zero-order valence-electron chi connectivity index (χ0n) is 15.2. The van der Waals surface area contributed by atoms with Crippen molar-refractivity contribution in [1.29, 1.82) is 5.26 Å². The number of carbonyl (C=O) groups is 1. The van der Waals surface area contributed by atoms with Crippen LogP contribution in [0.4, 0.5) is 0 Å². The molecule has 0 N–H and O–H groups in total. The summed E-state index contributed by atoms with van der Waals surface area (Å²) >= 11 is 11.8. The van der Waals surface area contributed by atoms with Crippen molar-refractivity contribution in [3.8, 4) is 11.8 Å². The second-order valence-corrected chi connectivity index (χ2v) is 9.04. The molecule has 1 amide bonds. The number of hydrogen-bond donors (Lipinski definition) is 0. The summed E-state index contributed by atoms with van der Waals surface area (Å²) < 4.78 is 32.3. The summed E-state index contributed by atoms with van der Waals surface area (Å²) in [5, 5.41) is 9.23. The van der Waals surface area contributed by atoms with Crippen molar-refractivity contribution in [3.63, 3.8) is 0 Å². The lowest BCUT2D eigenvalue weighted by Gasteiger charge is -2.34. The van der Waals surface area contributed by atoms with E-state index in [4.69, 9.17) is 33.2 Å². The summed E-state index contributed by atoms with van der Waals surface area (Å²) in [6.45, 7) is 0.702. The fourth-order valence-corrected chi connectivity index (χ4v) is 4.64. The molecular weight excluding hydrogens is 437 g/mol. The fourth-order valence-electron chi connectivity index (χ4n) is 2.83. The maximum atomic E-state index is 12.8. The molecule has 152 valence electrons. The van der Waals surface area contributed by atoms with Gasteiger partial charge in [-0.15, -0.1) is 0 Å². The first kappa shape index (κ1) is 21.4. The zero-order chi connectivity index (χ0) is 21.0. The molecule has 0 unspecified atom stereocenters. The predicted molar refractivity (Wildman–Crippen MR) is 108 cm³/mol. The molecule has 1 saturated heterocycles. The Labute approximate surface area is 179 Å². The number of ether oxygens (including phenoxy) is 1. The number of rotatable bonds is 5. The molecule has 2 aromatic carbocycles. The highest BCUT2D eigenvalue weighted by molar-refractivity contribution is 7.89. The molecule has 0 radical (unpaired) electrons. The SMILES string of the molecule is N#Cc1ccc(OCC(=O)N2CCN(S(=O)(=O)c3ccc(Cl)c(Cl)c3)CC2)cc1. The Bertz CT molecular complexity index is 1040. The first-order chi connectivity index (χ1) is 13.8. The molecule has 29 heavy (non-hydrogen) atoms. The van der Waals surface area contributed by atoms with E-state index in [1.807, 2.05) is 6.07 Å². The lowest BCUT2D eigenvalue weighted by molar-refractivity contribution is -0.134. The predicted octanol–water partition coefficient (Wildman–Crippen LogP) is 2.78. The van der Waals surface area contributed by atoms with Crippen molar-refractivity contribution in [2.45, 2.75) is 4.90 Å². The average Bonchev–Trinajstić information content (AvgIpc) is 2.74. The van der Waals surface area contributed by atoms with Gasteiger partial charge in [0, 0.05) is 26.2 Å². The van der Waals surface area contributed by atoms with E-state index in [0.29, 0.717) is 11.3 Å². The van der Waals surface area contributed by atoms with E-state index < -0.39 is 10.0 Å². The summed E-state index contributed by atoms with van der Waals surface area (Å²) in [4.78, 5) is 14.0. The van der Waals surface area contributed by atoms with Crippen LogP contribution in [0.25, 0.3) is 0 Å².